The van der Waals surface area contributed by atoms with Crippen molar-refractivity contribution in [1.82, 2.24) is 30.0 Å². The van der Waals surface area contributed by atoms with Gasteiger partial charge in [0, 0.05) is 37.3 Å². The minimum Gasteiger partial charge on any atom is -0.389 e. The van der Waals surface area contributed by atoms with Crippen LogP contribution in [-0.4, -0.2) is 204 Å². The van der Waals surface area contributed by atoms with Gasteiger partial charge in [-0.05, 0) is 61.4 Å². The van der Waals surface area contributed by atoms with Crippen molar-refractivity contribution in [2.75, 3.05) is 13.1 Å². The second kappa shape index (κ2) is 22.1. The lowest BCUT2D eigenvalue weighted by molar-refractivity contribution is -0.294. The molecule has 4 fully saturated rings. The molecule has 20 atom stereocenters. The van der Waals surface area contributed by atoms with Gasteiger partial charge in [0.15, 0.2) is 12.6 Å². The van der Waals surface area contributed by atoms with Crippen molar-refractivity contribution in [3.63, 3.8) is 0 Å². The van der Waals surface area contributed by atoms with E-state index in [-0.39, 0.29) is 48.9 Å². The summed E-state index contributed by atoms with van der Waals surface area (Å²) in [5, 5.41) is 80.4. The molecule has 4 heterocycles. The fraction of sp³-hybridized carbons (Fsp3) is 0.619. The van der Waals surface area contributed by atoms with Crippen LogP contribution in [0.25, 0.3) is 11.4 Å². The van der Waals surface area contributed by atoms with E-state index < -0.39 is 132 Å². The Bertz CT molecular complexity index is 2310. The highest BCUT2D eigenvalue weighted by atomic mass is 32.2. The summed E-state index contributed by atoms with van der Waals surface area (Å²) in [5.41, 5.74) is 50.2. The van der Waals surface area contributed by atoms with Crippen molar-refractivity contribution in [1.29, 1.82) is 0 Å². The lowest BCUT2D eigenvalue weighted by Crippen LogP contribution is -2.67. The quantitative estimate of drug-likeness (QED) is 0.0496. The highest BCUT2D eigenvalue weighted by Gasteiger charge is 2.50. The summed E-state index contributed by atoms with van der Waals surface area (Å²) >= 11 is 0. The molecule has 0 amide bonds. The van der Waals surface area contributed by atoms with Crippen LogP contribution < -0.4 is 45.9 Å². The van der Waals surface area contributed by atoms with Crippen LogP contribution in [0.5, 0.6) is 0 Å². The van der Waals surface area contributed by atoms with Gasteiger partial charge < -0.3 is 105 Å². The molecule has 71 heavy (non-hydrogen) atoms. The molecule has 4 aromatic rings. The van der Waals surface area contributed by atoms with E-state index in [1.165, 1.54) is 33.6 Å². The number of ether oxygens (including phenoxy) is 6. The number of aliphatic hydroxyl groups is 6. The maximum absolute atomic E-state index is 13.7. The van der Waals surface area contributed by atoms with Gasteiger partial charge in [0.2, 0.25) is 9.84 Å². The minimum atomic E-state index is -3.98. The average Bonchev–Trinajstić information content (AvgIpc) is 4.05. The van der Waals surface area contributed by atoms with Crippen molar-refractivity contribution >= 4 is 9.84 Å². The molecule has 0 unspecified atom stereocenters. The molecule has 0 bridgehead atoms. The number of nitrogens with two attached hydrogens (primary N) is 8. The number of hydrogen-bond acceptors (Lipinski definition) is 26. The third kappa shape index (κ3) is 11.1. The van der Waals surface area contributed by atoms with E-state index in [9.17, 15) is 39.1 Å². The first kappa shape index (κ1) is 53.2. The smallest absolute Gasteiger partial charge is 0.206 e. The topological polar surface area (TPSA) is 480 Å². The van der Waals surface area contributed by atoms with Gasteiger partial charge >= 0.3 is 0 Å². The molecule has 2 aromatic carbocycles. The maximum Gasteiger partial charge on any atom is 0.206 e. The molecule has 2 aliphatic carbocycles. The number of benzene rings is 2. The first-order chi connectivity index (χ1) is 33.8. The lowest BCUT2D eigenvalue weighted by Gasteiger charge is -2.46. The number of hydrogen-bond donors (Lipinski definition) is 14. The highest BCUT2D eigenvalue weighted by molar-refractivity contribution is 7.91. The van der Waals surface area contributed by atoms with Gasteiger partial charge in [-0.2, -0.15) is 0 Å². The molecular weight excluding hydrogens is 957 g/mol. The molecule has 0 radical (unpaired) electrons. The van der Waals surface area contributed by atoms with Crippen molar-refractivity contribution < 1.29 is 67.5 Å². The van der Waals surface area contributed by atoms with Crippen LogP contribution in [-0.2, 0) is 51.5 Å². The zero-order chi connectivity index (χ0) is 51.1. The fourth-order valence-corrected chi connectivity index (χ4v) is 10.5. The summed E-state index contributed by atoms with van der Waals surface area (Å²) in [6.07, 6.45) is -13.0. The Kier molecular flexibility index (Phi) is 16.6. The fourth-order valence-electron chi connectivity index (χ4n) is 9.20. The summed E-state index contributed by atoms with van der Waals surface area (Å²) in [7, 11) is -3.98. The normalized spacial score (nSPS) is 38.1. The monoisotopic (exact) mass is 1020 g/mol. The standard InChI is InChI=1S/C42H64N14O14S/c43-11-27-39(33(59)29(49)41(67-27)69-37-25(47)9-23(45)31(57)35(37)61)65-15-17-13-55(53-51-17)19-1-5-21(6-2-19)71(63,64)22-7-3-20(4-8-22)56-14-18(52-54-56)16-66-40-28(12-44)68-42(30(50)34(40)60)70-38-26(48)10-24(46)32(58)36(38)62/h1-8,13-14,23-42,57-62H,9-12,15-16,43-50H2/t23-,24-,25+,26+,27-,28-,29-,30-,31+,32+,33-,34-,35-,36-,37-,38-,39-,40-,41-,42-/m1/s1. The van der Waals surface area contributed by atoms with Crippen LogP contribution in [0.3, 0.4) is 0 Å². The molecule has 0 spiro atoms. The number of aromatic nitrogens is 6. The van der Waals surface area contributed by atoms with Gasteiger partial charge in [-0.25, -0.2) is 17.8 Å². The van der Waals surface area contributed by atoms with E-state index in [2.05, 4.69) is 20.6 Å². The summed E-state index contributed by atoms with van der Waals surface area (Å²) in [6, 6.07) is 6.67. The van der Waals surface area contributed by atoms with Crippen LogP contribution in [0.4, 0.5) is 0 Å². The van der Waals surface area contributed by atoms with Gasteiger partial charge in [0.25, 0.3) is 0 Å². The van der Waals surface area contributed by atoms with Crippen molar-refractivity contribution in [2.45, 2.75) is 158 Å². The van der Waals surface area contributed by atoms with Crippen molar-refractivity contribution in [3.8, 4) is 11.4 Å². The van der Waals surface area contributed by atoms with Crippen LogP contribution in [0.1, 0.15) is 24.2 Å². The Morgan fingerprint density at radius 1 is 0.535 bits per heavy atom. The first-order valence-corrected chi connectivity index (χ1v) is 24.4. The zero-order valence-electron chi connectivity index (χ0n) is 38.2. The van der Waals surface area contributed by atoms with Crippen molar-refractivity contribution in [2.24, 2.45) is 45.9 Å². The van der Waals surface area contributed by atoms with E-state index >= 15 is 0 Å². The molecule has 392 valence electrons. The van der Waals surface area contributed by atoms with E-state index in [1.54, 1.807) is 36.7 Å². The Hall–Kier alpha value is -4.13. The van der Waals surface area contributed by atoms with Gasteiger partial charge in [0.05, 0.1) is 71.1 Å². The first-order valence-electron chi connectivity index (χ1n) is 23.0. The second-order valence-electron chi connectivity index (χ2n) is 18.3. The largest absolute Gasteiger partial charge is 0.389 e. The SMILES string of the molecule is NC[C@H]1O[C@H](O[C@H]2[C@H](O)[C@@H](O)[C@H](N)C[C@@H]2N)[C@H](N)[C@@H](O)[C@@H]1OCc1cn(-c2ccc(S(=O)(=O)c3ccc(-n4cc(CO[C@H]5[C@H](O)[C@@H](N)[C@@H](O[C@H]6[C@H](O)[C@@H](O)[C@H](N)C[C@@H]6N)O[C@@H]5CN)nn4)cc3)cc2)nn1. The maximum atomic E-state index is 13.7. The second-order valence-corrected chi connectivity index (χ2v) is 20.3. The lowest BCUT2D eigenvalue weighted by atomic mass is 9.84. The number of aliphatic hydroxyl groups excluding tert-OH is 6. The molecular formula is C42H64N14O14S. The molecule has 2 aromatic heterocycles. The molecule has 4 aliphatic rings. The Balaban J connectivity index is 0.832. The van der Waals surface area contributed by atoms with Gasteiger partial charge in [0.1, 0.15) is 72.4 Å². The summed E-state index contributed by atoms with van der Waals surface area (Å²) < 4.78 is 65.8. The third-order valence-electron chi connectivity index (χ3n) is 13.4. The van der Waals surface area contributed by atoms with Gasteiger partial charge in [-0.1, -0.05) is 10.4 Å². The minimum absolute atomic E-state index is 0.0104. The molecule has 2 saturated carbocycles. The molecule has 29 heteroatoms. The van der Waals surface area contributed by atoms with Gasteiger partial charge in [-0.15, -0.1) is 10.2 Å². The molecule has 2 aliphatic heterocycles. The Labute approximate surface area is 406 Å². The number of sulfone groups is 1. The number of nitrogens with zero attached hydrogens (tertiary/aromatic N) is 6. The predicted molar refractivity (Wildman–Crippen MR) is 244 cm³/mol. The van der Waals surface area contributed by atoms with Crippen LogP contribution in [0.15, 0.2) is 70.7 Å². The van der Waals surface area contributed by atoms with Crippen LogP contribution in [0, 0.1) is 0 Å². The molecule has 8 rings (SSSR count). The Morgan fingerprint density at radius 3 is 1.25 bits per heavy atom. The average molecular weight is 1020 g/mol. The van der Waals surface area contributed by atoms with Crippen molar-refractivity contribution in [3.05, 3.63) is 72.3 Å². The third-order valence-corrected chi connectivity index (χ3v) is 15.2. The van der Waals surface area contributed by atoms with E-state index in [4.69, 9.17) is 74.3 Å². The highest BCUT2D eigenvalue weighted by Crippen LogP contribution is 2.31. The molecule has 22 N–H and O–H groups in total. The van der Waals surface area contributed by atoms with Gasteiger partial charge in [-0.3, -0.25) is 0 Å². The predicted octanol–water partition coefficient (Wildman–Crippen LogP) is -7.47. The van der Waals surface area contributed by atoms with E-state index in [0.717, 1.165) is 0 Å². The van der Waals surface area contributed by atoms with Crippen LogP contribution >= 0.6 is 0 Å². The Morgan fingerprint density at radius 2 is 0.901 bits per heavy atom. The zero-order valence-corrected chi connectivity index (χ0v) is 39.0. The van der Waals surface area contributed by atoms with E-state index in [1.807, 2.05) is 0 Å². The summed E-state index contributed by atoms with van der Waals surface area (Å²) in [4.78, 5) is 0.0209. The summed E-state index contributed by atoms with van der Waals surface area (Å²) in [5.74, 6) is 0. The summed E-state index contributed by atoms with van der Waals surface area (Å²) in [6.45, 7) is -0.474. The van der Waals surface area contributed by atoms with E-state index in [0.29, 0.717) is 22.8 Å². The molecule has 28 nitrogen and oxygen atoms in total. The molecule has 2 saturated heterocycles. The van der Waals surface area contributed by atoms with Crippen LogP contribution in [0.2, 0.25) is 0 Å². The number of rotatable bonds is 16.